The molecule has 0 bridgehead atoms. The van der Waals surface area contributed by atoms with Gasteiger partial charge in [-0.1, -0.05) is 11.6 Å². The van der Waals surface area contributed by atoms with Crippen LogP contribution in [0.5, 0.6) is 11.5 Å². The number of aryl methyl sites for hydroxylation is 1. The number of pyridine rings is 1. The first-order valence-electron chi connectivity index (χ1n) is 5.52. The summed E-state index contributed by atoms with van der Waals surface area (Å²) >= 11 is 6.03. The lowest BCUT2D eigenvalue weighted by molar-refractivity contribution is 0.481. The maximum atomic E-state index is 6.03. The highest BCUT2D eigenvalue weighted by Gasteiger charge is 2.05. The molecule has 2 heterocycles. The topological polar surface area (TPSA) is 37.9 Å². The number of fused-ring (bicyclic) bond motifs is 1. The van der Waals surface area contributed by atoms with Crippen LogP contribution >= 0.6 is 11.6 Å². The molecule has 0 aliphatic rings. The number of aromatic nitrogens is 2. The molecule has 0 aliphatic heterocycles. The maximum absolute atomic E-state index is 6.03. The summed E-state index contributed by atoms with van der Waals surface area (Å²) in [5.74, 6) is 1.27. The zero-order chi connectivity index (χ0) is 12.5. The van der Waals surface area contributed by atoms with Gasteiger partial charge in [0.15, 0.2) is 10.9 Å². The fourth-order valence-corrected chi connectivity index (χ4v) is 1.97. The molecule has 0 unspecified atom stereocenters. The first kappa shape index (κ1) is 11.1. The average molecular weight is 258 g/mol. The van der Waals surface area contributed by atoms with E-state index in [2.05, 4.69) is 16.0 Å². The highest BCUT2D eigenvalue weighted by Crippen LogP contribution is 2.29. The van der Waals surface area contributed by atoms with Gasteiger partial charge in [0.1, 0.15) is 5.75 Å². The van der Waals surface area contributed by atoms with Crippen LogP contribution in [-0.2, 0) is 0 Å². The number of hydrogen-bond donors (Lipinski definition) is 1. The number of halogens is 1. The fraction of sp³-hybridized carbons (Fsp3) is 0.0714. The average Bonchev–Trinajstić information content (AvgIpc) is 2.80. The summed E-state index contributed by atoms with van der Waals surface area (Å²) in [6.45, 7) is 1.89. The summed E-state index contributed by atoms with van der Waals surface area (Å²) in [4.78, 5) is 7.23. The van der Waals surface area contributed by atoms with E-state index in [1.807, 2.05) is 37.3 Å². The number of nitrogens with one attached hydrogen (secondary N) is 1. The molecule has 0 saturated carbocycles. The van der Waals surface area contributed by atoms with Crippen molar-refractivity contribution >= 4 is 22.5 Å². The second kappa shape index (κ2) is 4.35. The molecule has 0 saturated heterocycles. The normalized spacial score (nSPS) is 10.8. The summed E-state index contributed by atoms with van der Waals surface area (Å²) in [6.07, 6.45) is 1.77. The molecular weight excluding hydrogens is 248 g/mol. The Labute approximate surface area is 109 Å². The second-order valence-electron chi connectivity index (χ2n) is 3.98. The summed E-state index contributed by atoms with van der Waals surface area (Å²) in [5, 5.41) is 1.39. The molecule has 0 aliphatic carbocycles. The van der Waals surface area contributed by atoms with Crippen LogP contribution in [0.1, 0.15) is 5.69 Å². The summed E-state index contributed by atoms with van der Waals surface area (Å²) in [5.41, 5.74) is 1.84. The van der Waals surface area contributed by atoms with Gasteiger partial charge in [-0.3, -0.25) is 0 Å². The first-order chi connectivity index (χ1) is 8.72. The highest BCUT2D eigenvalue weighted by atomic mass is 35.5. The van der Waals surface area contributed by atoms with Crippen LogP contribution in [0.25, 0.3) is 10.9 Å². The van der Waals surface area contributed by atoms with Gasteiger partial charge in [0.25, 0.3) is 0 Å². The SMILES string of the molecule is Cc1ccc(Oc2ccc3[c]c[nH]c3c2)c(Cl)n1. The lowest BCUT2D eigenvalue weighted by atomic mass is 10.2. The third-order valence-electron chi connectivity index (χ3n) is 2.63. The number of ether oxygens (including phenoxy) is 1. The van der Waals surface area contributed by atoms with Crippen molar-refractivity contribution in [3.05, 3.63) is 53.4 Å². The van der Waals surface area contributed by atoms with Crippen molar-refractivity contribution in [2.24, 2.45) is 0 Å². The number of aromatic amines is 1. The Bertz CT molecular complexity index is 706. The van der Waals surface area contributed by atoms with Gasteiger partial charge in [-0.05, 0) is 31.2 Å². The maximum Gasteiger partial charge on any atom is 0.171 e. The lowest BCUT2D eigenvalue weighted by Gasteiger charge is -2.07. The van der Waals surface area contributed by atoms with Gasteiger partial charge >= 0.3 is 0 Å². The molecule has 0 spiro atoms. The molecule has 1 N–H and O–H groups in total. The number of H-pyrrole nitrogens is 1. The third-order valence-corrected chi connectivity index (χ3v) is 2.90. The Morgan fingerprint density at radius 1 is 1.28 bits per heavy atom. The molecule has 3 aromatic rings. The predicted molar refractivity (Wildman–Crippen MR) is 71.2 cm³/mol. The minimum Gasteiger partial charge on any atom is -0.454 e. The van der Waals surface area contributed by atoms with Crippen molar-refractivity contribution < 1.29 is 4.74 Å². The summed E-state index contributed by atoms with van der Waals surface area (Å²) < 4.78 is 5.71. The summed E-state index contributed by atoms with van der Waals surface area (Å²) in [7, 11) is 0. The summed E-state index contributed by atoms with van der Waals surface area (Å²) in [6, 6.07) is 12.5. The van der Waals surface area contributed by atoms with Crippen molar-refractivity contribution in [2.75, 3.05) is 0 Å². The van der Waals surface area contributed by atoms with E-state index in [1.54, 1.807) is 6.20 Å². The Balaban J connectivity index is 1.95. The van der Waals surface area contributed by atoms with E-state index in [-0.39, 0.29) is 0 Å². The molecule has 18 heavy (non-hydrogen) atoms. The van der Waals surface area contributed by atoms with Crippen LogP contribution < -0.4 is 4.74 Å². The van der Waals surface area contributed by atoms with Crippen LogP contribution in [0.3, 0.4) is 0 Å². The van der Waals surface area contributed by atoms with E-state index < -0.39 is 0 Å². The van der Waals surface area contributed by atoms with Crippen LogP contribution in [-0.4, -0.2) is 9.97 Å². The monoisotopic (exact) mass is 257 g/mol. The van der Waals surface area contributed by atoms with Gasteiger partial charge in [-0.25, -0.2) is 4.98 Å². The fourth-order valence-electron chi connectivity index (χ4n) is 1.74. The minimum atomic E-state index is 0.369. The number of benzene rings is 1. The Kier molecular flexibility index (Phi) is 2.68. The van der Waals surface area contributed by atoms with E-state index in [0.717, 1.165) is 16.6 Å². The molecule has 0 amide bonds. The van der Waals surface area contributed by atoms with Crippen molar-refractivity contribution in [3.63, 3.8) is 0 Å². The smallest absolute Gasteiger partial charge is 0.171 e. The number of hydrogen-bond acceptors (Lipinski definition) is 2. The van der Waals surface area contributed by atoms with Crippen molar-refractivity contribution in [2.45, 2.75) is 6.92 Å². The predicted octanol–water partition coefficient (Wildman–Crippen LogP) is 4.12. The van der Waals surface area contributed by atoms with E-state index in [0.29, 0.717) is 16.7 Å². The third kappa shape index (κ3) is 2.05. The molecule has 3 nitrogen and oxygen atoms in total. The second-order valence-corrected chi connectivity index (χ2v) is 4.34. The zero-order valence-corrected chi connectivity index (χ0v) is 10.5. The first-order valence-corrected chi connectivity index (χ1v) is 5.90. The molecule has 3 rings (SSSR count). The van der Waals surface area contributed by atoms with E-state index in [4.69, 9.17) is 16.3 Å². The van der Waals surface area contributed by atoms with Gasteiger partial charge in [0, 0.05) is 34.9 Å². The quantitative estimate of drug-likeness (QED) is 0.702. The number of nitrogens with zero attached hydrogens (tertiary/aromatic N) is 1. The molecule has 0 atom stereocenters. The molecule has 2 aromatic heterocycles. The van der Waals surface area contributed by atoms with Crippen molar-refractivity contribution in [1.82, 2.24) is 9.97 Å². The van der Waals surface area contributed by atoms with Gasteiger partial charge in [0.2, 0.25) is 0 Å². The largest absolute Gasteiger partial charge is 0.454 e. The van der Waals surface area contributed by atoms with Gasteiger partial charge < -0.3 is 9.72 Å². The molecule has 4 heteroatoms. The van der Waals surface area contributed by atoms with Crippen LogP contribution in [0.2, 0.25) is 5.15 Å². The Morgan fingerprint density at radius 3 is 3.00 bits per heavy atom. The lowest BCUT2D eigenvalue weighted by Crippen LogP contribution is -1.89. The van der Waals surface area contributed by atoms with Crippen LogP contribution in [0, 0.1) is 13.0 Å². The van der Waals surface area contributed by atoms with Gasteiger partial charge in [-0.15, -0.1) is 0 Å². The molecule has 89 valence electrons. The number of rotatable bonds is 2. The molecule has 0 fully saturated rings. The van der Waals surface area contributed by atoms with E-state index in [9.17, 15) is 0 Å². The molecule has 1 radical (unpaired) electrons. The molecular formula is C14H10ClN2O. The zero-order valence-electron chi connectivity index (χ0n) is 9.70. The van der Waals surface area contributed by atoms with Crippen LogP contribution in [0.15, 0.2) is 36.5 Å². The highest BCUT2D eigenvalue weighted by molar-refractivity contribution is 6.30. The minimum absolute atomic E-state index is 0.369. The van der Waals surface area contributed by atoms with Gasteiger partial charge in [-0.2, -0.15) is 0 Å². The standard InChI is InChI=1S/C14H10ClN2O/c1-9-2-5-13(14(15)17-9)18-11-4-3-10-6-7-16-12(10)8-11/h2-5,7-8,16H,1H3. The van der Waals surface area contributed by atoms with Gasteiger partial charge in [0.05, 0.1) is 0 Å². The van der Waals surface area contributed by atoms with Crippen molar-refractivity contribution in [3.8, 4) is 11.5 Å². The van der Waals surface area contributed by atoms with E-state index >= 15 is 0 Å². The molecule has 1 aromatic carbocycles. The Hall–Kier alpha value is -2.00. The van der Waals surface area contributed by atoms with Crippen LogP contribution in [0.4, 0.5) is 0 Å². The Morgan fingerprint density at radius 2 is 2.17 bits per heavy atom. The van der Waals surface area contributed by atoms with Crippen molar-refractivity contribution in [1.29, 1.82) is 0 Å². The van der Waals surface area contributed by atoms with E-state index in [1.165, 1.54) is 0 Å².